The molecule has 1 aromatic heterocycles. The van der Waals surface area contributed by atoms with Crippen LogP contribution in [0.5, 0.6) is 0 Å². The lowest BCUT2D eigenvalue weighted by atomic mass is 10.1. The number of aryl methyl sites for hydroxylation is 1. The van der Waals surface area contributed by atoms with Gasteiger partial charge in [-0.3, -0.25) is 0 Å². The molecule has 0 unspecified atom stereocenters. The van der Waals surface area contributed by atoms with E-state index in [0.29, 0.717) is 11.0 Å². The van der Waals surface area contributed by atoms with E-state index in [1.807, 2.05) is 0 Å². The molecule has 0 bridgehead atoms. The Balaban J connectivity index is 2.58. The third-order valence-corrected chi connectivity index (χ3v) is 6.23. The Morgan fingerprint density at radius 3 is 1.50 bits per heavy atom. The van der Waals surface area contributed by atoms with Gasteiger partial charge >= 0.3 is 0 Å². The molecule has 1 nitrogen and oxygen atoms in total. The first-order valence-electron chi connectivity index (χ1n) is 15.6. The number of rotatable bonds is 2. The van der Waals surface area contributed by atoms with Gasteiger partial charge in [-0.1, -0.05) is 73.5 Å². The standard InChI is InChI=1S/C19H27NSi2/c1-20-18-10-8-14(21(2,3)4)12-16(18)17-13-15(22(5,6)7)9-11-19(17)20/h8-13H,1-7H3/i2D3,3D3,4D3,5D3,6D3,7D3. The topological polar surface area (TPSA) is 4.93 Å². The Morgan fingerprint density at radius 2 is 1.14 bits per heavy atom. The zero-order valence-corrected chi connectivity index (χ0v) is 13.9. The van der Waals surface area contributed by atoms with Crippen LogP contribution in [0.1, 0.15) is 24.7 Å². The minimum atomic E-state index is -5.38. The Kier molecular flexibility index (Phi) is 1.06. The van der Waals surface area contributed by atoms with Crippen LogP contribution in [0.4, 0.5) is 0 Å². The first-order valence-corrected chi connectivity index (χ1v) is 10.6. The van der Waals surface area contributed by atoms with Crippen molar-refractivity contribution in [1.29, 1.82) is 0 Å². The molecule has 3 rings (SSSR count). The summed E-state index contributed by atoms with van der Waals surface area (Å²) in [5.74, 6) is 0. The van der Waals surface area contributed by atoms with Gasteiger partial charge in [0, 0.05) is 53.5 Å². The van der Waals surface area contributed by atoms with Crippen LogP contribution in [0.3, 0.4) is 0 Å². The number of hydrogen-bond acceptors (Lipinski definition) is 0. The minimum absolute atomic E-state index is 0.135. The maximum atomic E-state index is 8.07. The molecule has 2 aromatic carbocycles. The normalized spacial score (nSPS) is 28.8. The zero-order chi connectivity index (χ0) is 31.3. The highest BCUT2D eigenvalue weighted by molar-refractivity contribution is 6.89. The summed E-state index contributed by atoms with van der Waals surface area (Å²) in [6.07, 6.45) is 0. The molecule has 0 fully saturated rings. The molecule has 0 saturated carbocycles. The molecule has 3 aromatic rings. The van der Waals surface area contributed by atoms with Crippen molar-refractivity contribution in [2.24, 2.45) is 7.05 Å². The van der Waals surface area contributed by atoms with E-state index in [0.717, 1.165) is 24.3 Å². The van der Waals surface area contributed by atoms with Crippen LogP contribution in [0, 0.1) is 0 Å². The molecule has 0 atom stereocenters. The van der Waals surface area contributed by atoms with Gasteiger partial charge in [-0.15, -0.1) is 0 Å². The summed E-state index contributed by atoms with van der Waals surface area (Å²) in [5.41, 5.74) is 0.758. The van der Waals surface area contributed by atoms with Gasteiger partial charge in [0.15, 0.2) is 0 Å². The van der Waals surface area contributed by atoms with E-state index >= 15 is 0 Å². The maximum Gasteiger partial charge on any atom is 0.0776 e. The lowest BCUT2D eigenvalue weighted by Gasteiger charge is -2.17. The fourth-order valence-corrected chi connectivity index (χ4v) is 4.07. The van der Waals surface area contributed by atoms with E-state index in [1.54, 1.807) is 11.6 Å². The lowest BCUT2D eigenvalue weighted by Crippen LogP contribution is -2.37. The van der Waals surface area contributed by atoms with Crippen molar-refractivity contribution >= 4 is 48.3 Å². The average Bonchev–Trinajstić information content (AvgIpc) is 2.93. The van der Waals surface area contributed by atoms with Gasteiger partial charge in [0.2, 0.25) is 0 Å². The van der Waals surface area contributed by atoms with E-state index in [2.05, 4.69) is 0 Å². The van der Waals surface area contributed by atoms with Crippen molar-refractivity contribution in [3.63, 3.8) is 0 Å². The highest BCUT2D eigenvalue weighted by Crippen LogP contribution is 2.27. The van der Waals surface area contributed by atoms with Crippen LogP contribution >= 0.6 is 0 Å². The predicted octanol–water partition coefficient (Wildman–Crippen LogP) is 4.42. The largest absolute Gasteiger partial charge is 0.344 e. The maximum absolute atomic E-state index is 8.07. The fraction of sp³-hybridized carbons (Fsp3) is 0.368. The number of aromatic nitrogens is 1. The Hall–Kier alpha value is -1.33. The first kappa shape index (κ1) is 4.84. The molecule has 0 amide bonds. The van der Waals surface area contributed by atoms with Crippen molar-refractivity contribution in [2.45, 2.75) is 38.9 Å². The van der Waals surface area contributed by atoms with Crippen molar-refractivity contribution in [3.8, 4) is 0 Å². The van der Waals surface area contributed by atoms with Gasteiger partial charge in [0.05, 0.1) is 16.1 Å². The minimum Gasteiger partial charge on any atom is -0.344 e. The molecule has 0 radical (unpaired) electrons. The monoisotopic (exact) mass is 343 g/mol. The van der Waals surface area contributed by atoms with Gasteiger partial charge in [0.1, 0.15) is 0 Å². The molecular weight excluding hydrogens is 298 g/mol. The molecule has 0 aliphatic heterocycles. The molecule has 0 spiro atoms. The van der Waals surface area contributed by atoms with E-state index in [9.17, 15) is 0 Å². The van der Waals surface area contributed by atoms with Gasteiger partial charge in [-0.05, 0) is 12.1 Å². The summed E-state index contributed by atoms with van der Waals surface area (Å²) in [6.45, 7) is -20.3. The van der Waals surface area contributed by atoms with Gasteiger partial charge in [-0.25, -0.2) is 0 Å². The van der Waals surface area contributed by atoms with Crippen molar-refractivity contribution < 1.29 is 24.7 Å². The summed E-state index contributed by atoms with van der Waals surface area (Å²) >= 11 is 0. The molecule has 3 heteroatoms. The van der Waals surface area contributed by atoms with Gasteiger partial charge in [-0.2, -0.15) is 0 Å². The van der Waals surface area contributed by atoms with Crippen LogP contribution in [0.15, 0.2) is 36.4 Å². The number of hydrogen-bond donors (Lipinski definition) is 0. The second-order valence-electron chi connectivity index (χ2n) is 5.52. The van der Waals surface area contributed by atoms with E-state index in [4.69, 9.17) is 24.7 Å². The molecule has 0 aliphatic rings. The van der Waals surface area contributed by atoms with Gasteiger partial charge in [0.25, 0.3) is 0 Å². The van der Waals surface area contributed by atoms with E-state index in [-0.39, 0.29) is 10.8 Å². The first-order chi connectivity index (χ1) is 17.6. The van der Waals surface area contributed by atoms with Crippen molar-refractivity contribution in [3.05, 3.63) is 36.4 Å². The van der Waals surface area contributed by atoms with Crippen LogP contribution < -0.4 is 10.4 Å². The molecular formula is C19H27NSi2. The second kappa shape index (κ2) is 4.83. The van der Waals surface area contributed by atoms with Crippen molar-refractivity contribution in [2.75, 3.05) is 0 Å². The predicted molar refractivity (Wildman–Crippen MR) is 106 cm³/mol. The Bertz CT molecular complexity index is 1250. The van der Waals surface area contributed by atoms with Crippen LogP contribution in [-0.2, 0) is 7.05 Å². The molecule has 0 N–H and O–H groups in total. The Morgan fingerprint density at radius 1 is 0.727 bits per heavy atom. The zero-order valence-electron chi connectivity index (χ0n) is 29.9. The summed E-state index contributed by atoms with van der Waals surface area (Å²) < 4.78 is 147. The molecule has 1 heterocycles. The quantitative estimate of drug-likeness (QED) is 0.607. The van der Waals surface area contributed by atoms with Gasteiger partial charge < -0.3 is 4.57 Å². The molecule has 116 valence electrons. The van der Waals surface area contributed by atoms with Crippen molar-refractivity contribution in [1.82, 2.24) is 4.57 Å². The molecule has 0 saturated heterocycles. The van der Waals surface area contributed by atoms with Crippen LogP contribution in [0.2, 0.25) is 38.9 Å². The summed E-state index contributed by atoms with van der Waals surface area (Å²) in [6, 6.07) is 7.32. The SMILES string of the molecule is [2H]C([2H])([2H])[Si](c1ccc2c(c1)c1cc([Si](C([2H])([2H])[2H])(C([2H])([2H])[2H])C([2H])([2H])[2H])ccc1n2C)(C([2H])([2H])[2H])C([2H])([2H])[2H]. The average molecular weight is 344 g/mol. The number of benzene rings is 2. The molecule has 0 aliphatic carbocycles. The summed E-state index contributed by atoms with van der Waals surface area (Å²) in [4.78, 5) is 0. The second-order valence-corrected chi connectivity index (χ2v) is 9.68. The fourth-order valence-electron chi connectivity index (χ4n) is 2.68. The van der Waals surface area contributed by atoms with Crippen LogP contribution in [-0.4, -0.2) is 20.7 Å². The van der Waals surface area contributed by atoms with Crippen LogP contribution in [0.25, 0.3) is 21.8 Å². The number of nitrogens with zero attached hydrogens (tertiary/aromatic N) is 1. The summed E-state index contributed by atoms with van der Waals surface area (Å²) in [7, 11) is -9.17. The Labute approximate surface area is 161 Å². The third-order valence-electron chi connectivity index (χ3n) is 3.87. The van der Waals surface area contributed by atoms with E-state index < -0.39 is 65.4 Å². The third kappa shape index (κ3) is 2.46. The molecule has 22 heavy (non-hydrogen) atoms. The number of fused-ring (bicyclic) bond motifs is 3. The summed E-state index contributed by atoms with van der Waals surface area (Å²) in [5, 5.41) is -0.556. The van der Waals surface area contributed by atoms with E-state index in [1.165, 1.54) is 12.1 Å². The lowest BCUT2D eigenvalue weighted by molar-refractivity contribution is 1.01. The smallest absolute Gasteiger partial charge is 0.0776 e. The highest BCUT2D eigenvalue weighted by atomic mass is 28.3. The highest BCUT2D eigenvalue weighted by Gasteiger charge is 2.20.